The van der Waals surface area contributed by atoms with Gasteiger partial charge in [-0.25, -0.2) is 9.59 Å². The lowest BCUT2D eigenvalue weighted by Crippen LogP contribution is -2.28. The summed E-state index contributed by atoms with van der Waals surface area (Å²) in [6.07, 6.45) is 0. The minimum atomic E-state index is -1.14. The average molecular weight is 328 g/mol. The molecular formula is C12H10ClN3O4S. The van der Waals surface area contributed by atoms with Crippen LogP contribution in [0.5, 0.6) is 0 Å². The van der Waals surface area contributed by atoms with Gasteiger partial charge in [-0.05, 0) is 18.2 Å². The van der Waals surface area contributed by atoms with E-state index >= 15 is 0 Å². The number of urea groups is 1. The number of carbonyl (C=O) groups is 2. The summed E-state index contributed by atoms with van der Waals surface area (Å²) in [7, 11) is 0. The van der Waals surface area contributed by atoms with Crippen LogP contribution in [0.1, 0.15) is 16.1 Å². The molecule has 0 aliphatic rings. The number of carboxylic acids is 1. The van der Waals surface area contributed by atoms with Gasteiger partial charge in [-0.2, -0.15) is 0 Å². The van der Waals surface area contributed by atoms with Crippen molar-refractivity contribution in [3.8, 4) is 0 Å². The van der Waals surface area contributed by atoms with E-state index in [1.165, 1.54) is 18.2 Å². The van der Waals surface area contributed by atoms with Crippen LogP contribution in [-0.2, 0) is 6.54 Å². The maximum atomic E-state index is 11.7. The van der Waals surface area contributed by atoms with Crippen LogP contribution in [0.25, 0.3) is 0 Å². The molecule has 2 rings (SSSR count). The molecule has 0 bridgehead atoms. The Balaban J connectivity index is 1.99. The zero-order valence-corrected chi connectivity index (χ0v) is 12.0. The Hall–Kier alpha value is -2.32. The maximum Gasteiger partial charge on any atom is 0.335 e. The van der Waals surface area contributed by atoms with Crippen molar-refractivity contribution in [1.29, 1.82) is 0 Å². The summed E-state index contributed by atoms with van der Waals surface area (Å²) >= 11 is 6.78. The number of hydrogen-bond acceptors (Lipinski definition) is 4. The standard InChI is InChI=1S/C12H10ClN3O4S/c13-7-1-6(10(17)18)2-8(3-7)15-11(19)14-4-9-5-21-12(20)16-9/h1-3,5H,4H2,(H,16,20)(H,17,18)(H2,14,15,19). The van der Waals surface area contributed by atoms with E-state index in [0.717, 1.165) is 11.3 Å². The van der Waals surface area contributed by atoms with Gasteiger partial charge in [-0.3, -0.25) is 4.79 Å². The summed E-state index contributed by atoms with van der Waals surface area (Å²) in [4.78, 5) is 35.8. The lowest BCUT2D eigenvalue weighted by atomic mass is 10.2. The van der Waals surface area contributed by atoms with Crippen molar-refractivity contribution in [2.24, 2.45) is 0 Å². The summed E-state index contributed by atoms with van der Waals surface area (Å²) < 4.78 is 0. The number of hydrogen-bond donors (Lipinski definition) is 4. The van der Waals surface area contributed by atoms with Crippen molar-refractivity contribution in [3.63, 3.8) is 0 Å². The zero-order chi connectivity index (χ0) is 15.4. The Morgan fingerprint density at radius 2 is 2.10 bits per heavy atom. The summed E-state index contributed by atoms with van der Waals surface area (Å²) in [5, 5.41) is 15.7. The van der Waals surface area contributed by atoms with E-state index in [-0.39, 0.29) is 27.7 Å². The molecule has 21 heavy (non-hydrogen) atoms. The molecule has 1 heterocycles. The maximum absolute atomic E-state index is 11.7. The monoisotopic (exact) mass is 327 g/mol. The molecular weight excluding hydrogens is 318 g/mol. The lowest BCUT2D eigenvalue weighted by molar-refractivity contribution is 0.0697. The van der Waals surface area contributed by atoms with Gasteiger partial charge in [-0.15, -0.1) is 0 Å². The number of halogens is 1. The van der Waals surface area contributed by atoms with E-state index in [1.807, 2.05) is 0 Å². The predicted octanol–water partition coefficient (Wildman–Crippen LogP) is 2.11. The van der Waals surface area contributed by atoms with Crippen molar-refractivity contribution in [1.82, 2.24) is 10.3 Å². The Kier molecular flexibility index (Phi) is 4.61. The molecule has 0 fully saturated rings. The Labute approximate surface area is 127 Å². The lowest BCUT2D eigenvalue weighted by Gasteiger charge is -2.08. The number of aromatic carboxylic acids is 1. The quantitative estimate of drug-likeness (QED) is 0.689. The number of rotatable bonds is 4. The van der Waals surface area contributed by atoms with Crippen LogP contribution in [-0.4, -0.2) is 22.1 Å². The topological polar surface area (TPSA) is 111 Å². The highest BCUT2D eigenvalue weighted by atomic mass is 35.5. The van der Waals surface area contributed by atoms with E-state index < -0.39 is 12.0 Å². The van der Waals surface area contributed by atoms with Crippen molar-refractivity contribution in [2.75, 3.05) is 5.32 Å². The van der Waals surface area contributed by atoms with Crippen molar-refractivity contribution in [2.45, 2.75) is 6.54 Å². The minimum Gasteiger partial charge on any atom is -0.478 e. The average Bonchev–Trinajstić information content (AvgIpc) is 2.81. The third-order valence-electron chi connectivity index (χ3n) is 2.41. The molecule has 9 heteroatoms. The van der Waals surface area contributed by atoms with E-state index in [4.69, 9.17) is 16.7 Å². The van der Waals surface area contributed by atoms with Crippen molar-refractivity contribution < 1.29 is 14.7 Å². The molecule has 110 valence electrons. The van der Waals surface area contributed by atoms with Gasteiger partial charge >= 0.3 is 16.9 Å². The number of aromatic nitrogens is 1. The molecule has 1 aromatic carbocycles. The zero-order valence-electron chi connectivity index (χ0n) is 10.5. The number of carboxylic acid groups (broad SMARTS) is 1. The SMILES string of the molecule is O=C(NCc1csc(=O)[nH]1)Nc1cc(Cl)cc(C(=O)O)c1. The summed E-state index contributed by atoms with van der Waals surface area (Å²) in [6.45, 7) is 0.150. The fourth-order valence-electron chi connectivity index (χ4n) is 1.54. The van der Waals surface area contributed by atoms with E-state index in [2.05, 4.69) is 15.6 Å². The van der Waals surface area contributed by atoms with E-state index in [0.29, 0.717) is 5.69 Å². The third kappa shape index (κ3) is 4.33. The molecule has 2 amide bonds. The van der Waals surface area contributed by atoms with Crippen LogP contribution in [0.3, 0.4) is 0 Å². The summed E-state index contributed by atoms with van der Waals surface area (Å²) in [5.74, 6) is -1.14. The van der Waals surface area contributed by atoms with E-state index in [1.54, 1.807) is 5.38 Å². The highest BCUT2D eigenvalue weighted by Crippen LogP contribution is 2.19. The summed E-state index contributed by atoms with van der Waals surface area (Å²) in [5.41, 5.74) is 0.814. The predicted molar refractivity (Wildman–Crippen MR) is 79.2 cm³/mol. The van der Waals surface area contributed by atoms with Crippen LogP contribution in [0, 0.1) is 0 Å². The highest BCUT2D eigenvalue weighted by molar-refractivity contribution is 7.07. The molecule has 0 saturated carbocycles. The summed E-state index contributed by atoms with van der Waals surface area (Å²) in [6, 6.07) is 3.46. The first-order valence-corrected chi connectivity index (χ1v) is 6.95. The first kappa shape index (κ1) is 15.1. The molecule has 0 unspecified atom stereocenters. The fourth-order valence-corrected chi connectivity index (χ4v) is 2.35. The first-order valence-electron chi connectivity index (χ1n) is 5.69. The van der Waals surface area contributed by atoms with Crippen molar-refractivity contribution >= 4 is 40.6 Å². The Morgan fingerprint density at radius 3 is 2.71 bits per heavy atom. The van der Waals surface area contributed by atoms with Crippen LogP contribution in [0.15, 0.2) is 28.4 Å². The van der Waals surface area contributed by atoms with Crippen LogP contribution >= 0.6 is 22.9 Å². The highest BCUT2D eigenvalue weighted by Gasteiger charge is 2.08. The number of nitrogens with one attached hydrogen (secondary N) is 3. The number of benzene rings is 1. The second-order valence-electron chi connectivity index (χ2n) is 4.01. The minimum absolute atomic E-state index is 0.0278. The number of anilines is 1. The molecule has 4 N–H and O–H groups in total. The van der Waals surface area contributed by atoms with Gasteiger partial charge in [0.2, 0.25) is 0 Å². The van der Waals surface area contributed by atoms with Gasteiger partial charge in [0.05, 0.1) is 12.1 Å². The molecule has 0 spiro atoms. The largest absolute Gasteiger partial charge is 0.478 e. The molecule has 0 saturated heterocycles. The van der Waals surface area contributed by atoms with Gasteiger partial charge in [0.25, 0.3) is 0 Å². The molecule has 0 atom stereocenters. The molecule has 0 aliphatic heterocycles. The molecule has 1 aromatic heterocycles. The van der Waals surface area contributed by atoms with E-state index in [9.17, 15) is 14.4 Å². The fraction of sp³-hybridized carbons (Fsp3) is 0.0833. The van der Waals surface area contributed by atoms with Gasteiger partial charge in [0, 0.05) is 21.8 Å². The van der Waals surface area contributed by atoms with Crippen LogP contribution in [0.2, 0.25) is 5.02 Å². The Morgan fingerprint density at radius 1 is 1.33 bits per heavy atom. The molecule has 7 nitrogen and oxygen atoms in total. The van der Waals surface area contributed by atoms with Crippen molar-refractivity contribution in [3.05, 3.63) is 49.5 Å². The van der Waals surface area contributed by atoms with Gasteiger partial charge in [0.1, 0.15) is 0 Å². The molecule has 2 aromatic rings. The number of amides is 2. The number of aromatic amines is 1. The normalized spacial score (nSPS) is 10.1. The number of thiazole rings is 1. The van der Waals surface area contributed by atoms with Crippen LogP contribution in [0.4, 0.5) is 10.5 Å². The third-order valence-corrected chi connectivity index (χ3v) is 3.35. The smallest absolute Gasteiger partial charge is 0.335 e. The van der Waals surface area contributed by atoms with Gasteiger partial charge in [0.15, 0.2) is 0 Å². The second-order valence-corrected chi connectivity index (χ2v) is 5.29. The van der Waals surface area contributed by atoms with Gasteiger partial charge in [-0.1, -0.05) is 22.9 Å². The number of H-pyrrole nitrogens is 1. The molecule has 0 radical (unpaired) electrons. The van der Waals surface area contributed by atoms with Gasteiger partial charge < -0.3 is 20.7 Å². The first-order chi connectivity index (χ1) is 9.94. The Bertz CT molecular complexity index is 740. The number of carbonyl (C=O) groups excluding carboxylic acids is 1. The second kappa shape index (κ2) is 6.42. The van der Waals surface area contributed by atoms with Crippen LogP contribution < -0.4 is 15.5 Å². The molecule has 0 aliphatic carbocycles.